The van der Waals surface area contributed by atoms with Crippen LogP contribution in [-0.2, 0) is 25.6 Å². The molecule has 2 saturated carbocycles. The van der Waals surface area contributed by atoms with Crippen molar-refractivity contribution >= 4 is 34.7 Å². The van der Waals surface area contributed by atoms with Crippen molar-refractivity contribution in [2.24, 2.45) is 23.5 Å². The molecule has 1 amide bonds. The molecule has 0 bridgehead atoms. The number of likely N-dealkylation sites (N-methyl/N-ethyl adjacent to an activating group) is 1. The molecule has 3 aliphatic carbocycles. The van der Waals surface area contributed by atoms with Gasteiger partial charge in [0.2, 0.25) is 11.7 Å². The minimum absolute atomic E-state index is 0.00769. The van der Waals surface area contributed by atoms with E-state index in [2.05, 4.69) is 0 Å². The fourth-order valence-electron chi connectivity index (χ4n) is 6.38. The van der Waals surface area contributed by atoms with Crippen molar-refractivity contribution in [1.82, 2.24) is 4.90 Å². The number of aromatic hydroxyl groups is 1. The van der Waals surface area contributed by atoms with Crippen LogP contribution in [0.25, 0.3) is 16.9 Å². The van der Waals surface area contributed by atoms with E-state index < -0.39 is 58.4 Å². The number of aliphatic hydroxyl groups excluding tert-OH is 1. The van der Waals surface area contributed by atoms with E-state index in [0.29, 0.717) is 22.4 Å². The van der Waals surface area contributed by atoms with Gasteiger partial charge in [0.1, 0.15) is 11.5 Å². The molecule has 0 aromatic heterocycles. The van der Waals surface area contributed by atoms with Crippen LogP contribution in [0.1, 0.15) is 17.5 Å². The van der Waals surface area contributed by atoms with Crippen molar-refractivity contribution in [2.75, 3.05) is 19.8 Å². The summed E-state index contributed by atoms with van der Waals surface area (Å²) in [5.41, 5.74) is 10.9. The zero-order valence-corrected chi connectivity index (χ0v) is 20.3. The fourth-order valence-corrected chi connectivity index (χ4v) is 6.38. The van der Waals surface area contributed by atoms with Gasteiger partial charge >= 0.3 is 0 Å². The molecule has 10 nitrogen and oxygen atoms in total. The van der Waals surface area contributed by atoms with E-state index in [4.69, 9.17) is 11.5 Å². The topological polar surface area (TPSA) is 184 Å². The summed E-state index contributed by atoms with van der Waals surface area (Å²) in [5, 5.41) is 33.6. The van der Waals surface area contributed by atoms with Gasteiger partial charge in [-0.1, -0.05) is 24.3 Å². The first kappa shape index (κ1) is 24.7. The van der Waals surface area contributed by atoms with E-state index >= 15 is 0 Å². The van der Waals surface area contributed by atoms with Crippen molar-refractivity contribution in [3.63, 3.8) is 0 Å². The van der Waals surface area contributed by atoms with Gasteiger partial charge in [-0.05, 0) is 56.1 Å². The van der Waals surface area contributed by atoms with Crippen LogP contribution in [0.15, 0.2) is 42.0 Å². The van der Waals surface area contributed by atoms with Gasteiger partial charge in [0.15, 0.2) is 23.1 Å². The number of para-hydroxylation sites is 1. The molecule has 0 saturated heterocycles. The van der Waals surface area contributed by atoms with Crippen LogP contribution < -0.4 is 11.5 Å². The minimum Gasteiger partial charge on any atom is -0.507 e. The third-order valence-corrected chi connectivity index (χ3v) is 7.99. The molecule has 1 unspecified atom stereocenters. The SMILES string of the molecule is CN(C)[C@@H]1C(=O)C(C(N)=O)C(=O)[C@@]2(O)C(=O)C3=C(O)c4c(O)ccc(-c5ccccc5N)c4C[C@H]3C[C@@H]12. The number of phenols is 1. The monoisotopic (exact) mass is 505 g/mol. The van der Waals surface area contributed by atoms with Gasteiger partial charge < -0.3 is 26.8 Å². The van der Waals surface area contributed by atoms with Crippen LogP contribution in [0.4, 0.5) is 5.69 Å². The number of aliphatic hydroxyl groups is 2. The Kier molecular flexibility index (Phi) is 5.50. The Morgan fingerprint density at radius 2 is 1.73 bits per heavy atom. The highest BCUT2D eigenvalue weighted by molar-refractivity contribution is 6.32. The largest absolute Gasteiger partial charge is 0.507 e. The molecule has 0 heterocycles. The average molecular weight is 506 g/mol. The molecule has 0 radical (unpaired) electrons. The second-order valence-electron chi connectivity index (χ2n) is 10.2. The van der Waals surface area contributed by atoms with Crippen LogP contribution in [0.3, 0.4) is 0 Å². The molecule has 192 valence electrons. The molecule has 10 heteroatoms. The molecule has 2 aromatic rings. The lowest BCUT2D eigenvalue weighted by Gasteiger charge is -2.51. The number of nitrogens with zero attached hydrogens (tertiary/aromatic N) is 1. The van der Waals surface area contributed by atoms with Crippen LogP contribution >= 0.6 is 0 Å². The summed E-state index contributed by atoms with van der Waals surface area (Å²) in [6.45, 7) is 0. The summed E-state index contributed by atoms with van der Waals surface area (Å²) in [5.74, 6) is -9.07. The first-order valence-electron chi connectivity index (χ1n) is 11.8. The van der Waals surface area contributed by atoms with Crippen LogP contribution in [0, 0.1) is 17.8 Å². The maximum Gasteiger partial charge on any atom is 0.235 e. The second kappa shape index (κ2) is 8.25. The number of phenolic OH excluding ortho intramolecular Hbond substituents is 1. The van der Waals surface area contributed by atoms with Crippen molar-refractivity contribution in [3.05, 3.63) is 53.1 Å². The molecule has 0 spiro atoms. The Morgan fingerprint density at radius 3 is 2.35 bits per heavy atom. The molecule has 7 N–H and O–H groups in total. The molecular weight excluding hydrogens is 478 g/mol. The van der Waals surface area contributed by atoms with Crippen molar-refractivity contribution in [3.8, 4) is 16.9 Å². The Balaban J connectivity index is 1.73. The summed E-state index contributed by atoms with van der Waals surface area (Å²) in [4.78, 5) is 53.8. The lowest BCUT2D eigenvalue weighted by molar-refractivity contribution is -0.175. The Morgan fingerprint density at radius 1 is 1.05 bits per heavy atom. The molecule has 37 heavy (non-hydrogen) atoms. The number of carbonyl (C=O) groups is 4. The smallest absolute Gasteiger partial charge is 0.235 e. The van der Waals surface area contributed by atoms with Gasteiger partial charge in [-0.2, -0.15) is 0 Å². The number of Topliss-reactive ketones (excluding diaryl/α,β-unsaturated/α-hetero) is 3. The molecule has 2 aromatic carbocycles. The zero-order valence-electron chi connectivity index (χ0n) is 20.3. The number of nitrogens with two attached hydrogens (primary N) is 2. The standard InChI is InChI=1S/C27H27N3O7/c1-30(2)21-15-10-11-9-14-12(13-5-3-4-6-16(13)28)7-8-17(31)19(14)22(32)18(11)24(34)27(15,37)25(35)20(23(21)33)26(29)36/h3-8,11,15,20-21,31-32,37H,9-10,28H2,1-2H3,(H2,29,36)/t11-,15-,20?,21-,27-/m0/s1. The first-order chi connectivity index (χ1) is 17.4. The summed E-state index contributed by atoms with van der Waals surface area (Å²) >= 11 is 0. The van der Waals surface area contributed by atoms with Gasteiger partial charge in [0.05, 0.1) is 11.6 Å². The van der Waals surface area contributed by atoms with E-state index in [1.165, 1.54) is 11.0 Å². The third kappa shape index (κ3) is 3.25. The highest BCUT2D eigenvalue weighted by atomic mass is 16.3. The second-order valence-corrected chi connectivity index (χ2v) is 10.2. The lowest BCUT2D eigenvalue weighted by Crippen LogP contribution is -2.72. The van der Waals surface area contributed by atoms with E-state index in [9.17, 15) is 34.5 Å². The summed E-state index contributed by atoms with van der Waals surface area (Å²) in [7, 11) is 3.10. The van der Waals surface area contributed by atoms with Gasteiger partial charge in [0, 0.05) is 22.7 Å². The van der Waals surface area contributed by atoms with Crippen molar-refractivity contribution < 1.29 is 34.5 Å². The third-order valence-electron chi connectivity index (χ3n) is 7.99. The number of ketones is 3. The van der Waals surface area contributed by atoms with Gasteiger partial charge in [-0.15, -0.1) is 0 Å². The predicted octanol–water partition coefficient (Wildman–Crippen LogP) is 0.586. The van der Waals surface area contributed by atoms with E-state index in [1.54, 1.807) is 44.4 Å². The number of fused-ring (bicyclic) bond motifs is 3. The van der Waals surface area contributed by atoms with E-state index in [1.807, 2.05) is 0 Å². The molecule has 5 atom stereocenters. The molecule has 2 fully saturated rings. The van der Waals surface area contributed by atoms with E-state index in [0.717, 1.165) is 0 Å². The number of nitrogen functional groups attached to an aromatic ring is 1. The highest BCUT2D eigenvalue weighted by Gasteiger charge is 2.67. The Hall–Kier alpha value is -4.02. The average Bonchev–Trinajstić information content (AvgIpc) is 2.82. The van der Waals surface area contributed by atoms with Crippen LogP contribution in [-0.4, -0.2) is 69.2 Å². The maximum atomic E-state index is 13.8. The van der Waals surface area contributed by atoms with Crippen molar-refractivity contribution in [2.45, 2.75) is 24.5 Å². The van der Waals surface area contributed by atoms with Gasteiger partial charge in [-0.25, -0.2) is 0 Å². The van der Waals surface area contributed by atoms with Crippen LogP contribution in [0.2, 0.25) is 0 Å². The molecule has 5 rings (SSSR count). The van der Waals surface area contributed by atoms with Crippen molar-refractivity contribution in [1.29, 1.82) is 0 Å². The predicted molar refractivity (Wildman–Crippen MR) is 133 cm³/mol. The normalized spacial score (nSPS) is 29.1. The molecular formula is C27H27N3O7. The number of carbonyl (C=O) groups excluding carboxylic acids is 4. The van der Waals surface area contributed by atoms with Gasteiger partial charge in [0.25, 0.3) is 0 Å². The number of anilines is 1. The Bertz CT molecular complexity index is 1430. The quantitative estimate of drug-likeness (QED) is 0.294. The zero-order chi connectivity index (χ0) is 27.0. The number of hydrogen-bond donors (Lipinski definition) is 5. The number of amides is 1. The summed E-state index contributed by atoms with van der Waals surface area (Å²) in [6, 6.07) is 9.01. The molecule has 3 aliphatic rings. The first-order valence-corrected chi connectivity index (χ1v) is 11.8. The number of hydrogen-bond acceptors (Lipinski definition) is 9. The van der Waals surface area contributed by atoms with Crippen LogP contribution in [0.5, 0.6) is 5.75 Å². The maximum absolute atomic E-state index is 13.8. The lowest BCUT2D eigenvalue weighted by atomic mass is 9.54. The van der Waals surface area contributed by atoms with Gasteiger partial charge in [-0.3, -0.25) is 24.1 Å². The Labute approximate surface area is 212 Å². The molecule has 0 aliphatic heterocycles. The summed E-state index contributed by atoms with van der Waals surface area (Å²) < 4.78 is 0. The highest BCUT2D eigenvalue weighted by Crippen LogP contribution is 2.52. The number of rotatable bonds is 3. The number of benzene rings is 2. The van der Waals surface area contributed by atoms with E-state index in [-0.39, 0.29) is 29.7 Å². The summed E-state index contributed by atoms with van der Waals surface area (Å²) in [6.07, 6.45) is 0.166. The fraction of sp³-hybridized carbons (Fsp3) is 0.333. The minimum atomic E-state index is -2.74. The number of primary amides is 1.